The Morgan fingerprint density at radius 2 is 1.88 bits per heavy atom. The van der Waals surface area contributed by atoms with Crippen LogP contribution in [0.3, 0.4) is 0 Å². The molecule has 0 amide bonds. The third-order valence-electron chi connectivity index (χ3n) is 3.81. The van der Waals surface area contributed by atoms with E-state index in [1.54, 1.807) is 0 Å². The van der Waals surface area contributed by atoms with Gasteiger partial charge in [-0.1, -0.05) is 6.07 Å². The molecule has 1 atom stereocenters. The molecule has 1 unspecified atom stereocenters. The summed E-state index contributed by atoms with van der Waals surface area (Å²) in [5.41, 5.74) is 1.21. The van der Waals surface area contributed by atoms with E-state index in [1.165, 1.54) is 5.56 Å². The van der Waals surface area contributed by atoms with Gasteiger partial charge in [0.25, 0.3) is 5.79 Å². The molecule has 1 aromatic rings. The van der Waals surface area contributed by atoms with Crippen LogP contribution in [0.1, 0.15) is 25.3 Å². The molecule has 2 heterocycles. The number of hydrogen-bond acceptors (Lipinski definition) is 3. The van der Waals surface area contributed by atoms with E-state index < -0.39 is 5.79 Å². The van der Waals surface area contributed by atoms with Gasteiger partial charge in [-0.15, -0.1) is 0 Å². The first-order valence-corrected chi connectivity index (χ1v) is 6.37. The highest BCUT2D eigenvalue weighted by atomic mass is 16.7. The van der Waals surface area contributed by atoms with Gasteiger partial charge in [0.15, 0.2) is 11.5 Å². The molecule has 0 spiro atoms. The zero-order chi connectivity index (χ0) is 11.9. The molecule has 1 fully saturated rings. The summed E-state index contributed by atoms with van der Waals surface area (Å²) < 4.78 is 12.1. The summed E-state index contributed by atoms with van der Waals surface area (Å²) >= 11 is 0. The first-order chi connectivity index (χ1) is 8.17. The van der Waals surface area contributed by atoms with Crippen LogP contribution in [0.15, 0.2) is 18.2 Å². The third-order valence-corrected chi connectivity index (χ3v) is 3.81. The van der Waals surface area contributed by atoms with Crippen molar-refractivity contribution in [2.75, 3.05) is 13.1 Å². The van der Waals surface area contributed by atoms with E-state index >= 15 is 0 Å². The Balaban J connectivity index is 1.83. The van der Waals surface area contributed by atoms with Crippen molar-refractivity contribution in [3.8, 4) is 11.5 Å². The highest BCUT2D eigenvalue weighted by molar-refractivity contribution is 5.45. The van der Waals surface area contributed by atoms with Crippen LogP contribution in [0.4, 0.5) is 0 Å². The fourth-order valence-electron chi connectivity index (χ4n) is 2.75. The molecule has 3 rings (SSSR count). The van der Waals surface area contributed by atoms with Crippen molar-refractivity contribution >= 4 is 0 Å². The number of rotatable bonds is 1. The van der Waals surface area contributed by atoms with Crippen LogP contribution < -0.4 is 14.8 Å². The summed E-state index contributed by atoms with van der Waals surface area (Å²) in [7, 11) is 0. The second-order valence-electron chi connectivity index (χ2n) is 5.19. The average Bonchev–Trinajstić information content (AvgIpc) is 2.67. The minimum Gasteiger partial charge on any atom is -0.448 e. The molecule has 3 nitrogen and oxygen atoms in total. The van der Waals surface area contributed by atoms with Crippen molar-refractivity contribution < 1.29 is 9.47 Å². The molecule has 17 heavy (non-hydrogen) atoms. The number of ether oxygens (including phenoxy) is 2. The van der Waals surface area contributed by atoms with Crippen LogP contribution in [-0.2, 0) is 0 Å². The molecule has 3 heteroatoms. The Kier molecular flexibility index (Phi) is 2.51. The number of fused-ring (bicyclic) bond motifs is 1. The molecule has 1 N–H and O–H groups in total. The lowest BCUT2D eigenvalue weighted by Crippen LogP contribution is -2.47. The Bertz CT molecular complexity index is 426. The standard InChI is InChI=1S/C14H19NO2/c1-10-3-4-12-13(9-10)17-14(2,16-12)11-5-7-15-8-6-11/h3-4,9,11,15H,5-8H2,1-2H3. The van der Waals surface area contributed by atoms with Gasteiger partial charge in [-0.3, -0.25) is 0 Å². The van der Waals surface area contributed by atoms with E-state index in [0.717, 1.165) is 37.4 Å². The predicted octanol–water partition coefficient (Wildman–Crippen LogP) is 2.48. The lowest BCUT2D eigenvalue weighted by atomic mass is 9.90. The van der Waals surface area contributed by atoms with Crippen molar-refractivity contribution in [1.82, 2.24) is 5.32 Å². The SMILES string of the molecule is Cc1ccc2c(c1)OC(C)(C1CCNCC1)O2. The summed E-state index contributed by atoms with van der Waals surface area (Å²) in [6.45, 7) is 6.26. The molecule has 0 radical (unpaired) electrons. The quantitative estimate of drug-likeness (QED) is 0.808. The monoisotopic (exact) mass is 233 g/mol. The number of aryl methyl sites for hydroxylation is 1. The van der Waals surface area contributed by atoms with E-state index in [0.29, 0.717) is 5.92 Å². The van der Waals surface area contributed by atoms with Crippen LogP contribution in [-0.4, -0.2) is 18.9 Å². The van der Waals surface area contributed by atoms with Crippen LogP contribution in [0.2, 0.25) is 0 Å². The fourth-order valence-corrected chi connectivity index (χ4v) is 2.75. The summed E-state index contributed by atoms with van der Waals surface area (Å²) in [6.07, 6.45) is 2.23. The summed E-state index contributed by atoms with van der Waals surface area (Å²) in [4.78, 5) is 0. The molecule has 0 bridgehead atoms. The molecular weight excluding hydrogens is 214 g/mol. The predicted molar refractivity (Wildman–Crippen MR) is 66.4 cm³/mol. The zero-order valence-corrected chi connectivity index (χ0v) is 10.5. The van der Waals surface area contributed by atoms with E-state index in [4.69, 9.17) is 9.47 Å². The molecule has 1 aromatic carbocycles. The maximum atomic E-state index is 6.06. The summed E-state index contributed by atoms with van der Waals surface area (Å²) in [5, 5.41) is 3.37. The zero-order valence-electron chi connectivity index (χ0n) is 10.5. The highest BCUT2D eigenvalue weighted by Crippen LogP contribution is 2.44. The molecule has 0 aliphatic carbocycles. The van der Waals surface area contributed by atoms with Gasteiger partial charge in [0, 0.05) is 12.8 Å². The number of nitrogens with one attached hydrogen (secondary N) is 1. The van der Waals surface area contributed by atoms with Crippen LogP contribution in [0.25, 0.3) is 0 Å². The minimum absolute atomic E-state index is 0.469. The second kappa shape index (κ2) is 3.91. The van der Waals surface area contributed by atoms with Crippen molar-refractivity contribution in [3.05, 3.63) is 23.8 Å². The number of benzene rings is 1. The fraction of sp³-hybridized carbons (Fsp3) is 0.571. The summed E-state index contributed by atoms with van der Waals surface area (Å²) in [5.74, 6) is 1.78. The molecule has 2 aliphatic rings. The number of hydrogen-bond donors (Lipinski definition) is 1. The van der Waals surface area contributed by atoms with E-state index in [9.17, 15) is 0 Å². The van der Waals surface area contributed by atoms with E-state index in [1.807, 2.05) is 6.07 Å². The highest BCUT2D eigenvalue weighted by Gasteiger charge is 2.44. The van der Waals surface area contributed by atoms with Gasteiger partial charge in [-0.2, -0.15) is 0 Å². The summed E-state index contributed by atoms with van der Waals surface area (Å²) in [6, 6.07) is 6.13. The largest absolute Gasteiger partial charge is 0.448 e. The third kappa shape index (κ3) is 1.89. The average molecular weight is 233 g/mol. The minimum atomic E-state index is -0.474. The van der Waals surface area contributed by atoms with Gasteiger partial charge < -0.3 is 14.8 Å². The molecule has 2 aliphatic heterocycles. The maximum Gasteiger partial charge on any atom is 0.251 e. The van der Waals surface area contributed by atoms with Crippen molar-refractivity contribution in [2.24, 2.45) is 5.92 Å². The Labute approximate surface area is 102 Å². The normalized spacial score (nSPS) is 28.4. The van der Waals surface area contributed by atoms with Gasteiger partial charge in [0.1, 0.15) is 0 Å². The van der Waals surface area contributed by atoms with E-state index in [2.05, 4.69) is 31.3 Å². The maximum absolute atomic E-state index is 6.06. The topological polar surface area (TPSA) is 30.5 Å². The lowest BCUT2D eigenvalue weighted by molar-refractivity contribution is -0.117. The van der Waals surface area contributed by atoms with Crippen molar-refractivity contribution in [1.29, 1.82) is 0 Å². The Morgan fingerprint density at radius 1 is 1.18 bits per heavy atom. The molecule has 1 saturated heterocycles. The lowest BCUT2D eigenvalue weighted by Gasteiger charge is -2.34. The molecular formula is C14H19NO2. The molecule has 0 saturated carbocycles. The van der Waals surface area contributed by atoms with Gasteiger partial charge in [-0.25, -0.2) is 0 Å². The van der Waals surface area contributed by atoms with Crippen LogP contribution in [0.5, 0.6) is 11.5 Å². The van der Waals surface area contributed by atoms with Gasteiger partial charge in [0.2, 0.25) is 0 Å². The first kappa shape index (κ1) is 10.9. The van der Waals surface area contributed by atoms with Gasteiger partial charge in [0.05, 0.1) is 0 Å². The smallest absolute Gasteiger partial charge is 0.251 e. The Morgan fingerprint density at radius 3 is 2.65 bits per heavy atom. The van der Waals surface area contributed by atoms with Crippen LogP contribution in [0, 0.1) is 12.8 Å². The van der Waals surface area contributed by atoms with Gasteiger partial charge >= 0.3 is 0 Å². The second-order valence-corrected chi connectivity index (χ2v) is 5.19. The number of piperidine rings is 1. The first-order valence-electron chi connectivity index (χ1n) is 6.37. The molecule has 92 valence electrons. The van der Waals surface area contributed by atoms with E-state index in [-0.39, 0.29) is 0 Å². The van der Waals surface area contributed by atoms with Gasteiger partial charge in [-0.05, 0) is 50.6 Å². The van der Waals surface area contributed by atoms with Crippen LogP contribution >= 0.6 is 0 Å². The van der Waals surface area contributed by atoms with Crippen molar-refractivity contribution in [3.63, 3.8) is 0 Å². The molecule has 0 aromatic heterocycles. The van der Waals surface area contributed by atoms with Crippen molar-refractivity contribution in [2.45, 2.75) is 32.5 Å². The Hall–Kier alpha value is -1.22.